The summed E-state index contributed by atoms with van der Waals surface area (Å²) in [6, 6.07) is 3.58. The van der Waals surface area contributed by atoms with Crippen molar-refractivity contribution in [2.24, 2.45) is 0 Å². The van der Waals surface area contributed by atoms with Gasteiger partial charge in [0, 0.05) is 25.3 Å². The Balaban J connectivity index is 2.02. The van der Waals surface area contributed by atoms with E-state index in [0.29, 0.717) is 19.1 Å². The molecule has 0 bridgehead atoms. The SMILES string of the molecule is CN(C)C1CCN(C(=O)c2cccnc2F)CC1. The van der Waals surface area contributed by atoms with Gasteiger partial charge in [-0.3, -0.25) is 4.79 Å². The van der Waals surface area contributed by atoms with Crippen LogP contribution >= 0.6 is 0 Å². The minimum atomic E-state index is -0.683. The third-order valence-corrected chi connectivity index (χ3v) is 3.47. The van der Waals surface area contributed by atoms with Gasteiger partial charge in [0.05, 0.1) is 5.56 Å². The minimum absolute atomic E-state index is 0.0702. The number of amides is 1. The van der Waals surface area contributed by atoms with E-state index in [1.165, 1.54) is 12.3 Å². The van der Waals surface area contributed by atoms with Crippen molar-refractivity contribution in [1.29, 1.82) is 0 Å². The summed E-state index contributed by atoms with van der Waals surface area (Å²) in [5.74, 6) is -0.935. The van der Waals surface area contributed by atoms with E-state index in [1.54, 1.807) is 11.0 Å². The van der Waals surface area contributed by atoms with Crippen LogP contribution in [0.2, 0.25) is 0 Å². The van der Waals surface area contributed by atoms with Gasteiger partial charge in [0.15, 0.2) is 0 Å². The van der Waals surface area contributed by atoms with Gasteiger partial charge in [-0.15, -0.1) is 0 Å². The number of nitrogens with zero attached hydrogens (tertiary/aromatic N) is 3. The van der Waals surface area contributed by atoms with E-state index in [0.717, 1.165) is 12.8 Å². The van der Waals surface area contributed by atoms with Crippen LogP contribution in [-0.4, -0.2) is 53.9 Å². The molecule has 98 valence electrons. The fourth-order valence-corrected chi connectivity index (χ4v) is 2.30. The quantitative estimate of drug-likeness (QED) is 0.745. The van der Waals surface area contributed by atoms with Crippen LogP contribution in [0.3, 0.4) is 0 Å². The molecule has 2 heterocycles. The number of hydrogen-bond acceptors (Lipinski definition) is 3. The number of pyridine rings is 1. The molecule has 0 unspecified atom stereocenters. The van der Waals surface area contributed by atoms with Crippen LogP contribution in [0.5, 0.6) is 0 Å². The number of likely N-dealkylation sites (tertiary alicyclic amines) is 1. The van der Waals surface area contributed by atoms with Gasteiger partial charge in [-0.25, -0.2) is 4.98 Å². The summed E-state index contributed by atoms with van der Waals surface area (Å²) in [7, 11) is 4.09. The van der Waals surface area contributed by atoms with E-state index < -0.39 is 5.95 Å². The molecule has 2 rings (SSSR count). The summed E-state index contributed by atoms with van der Waals surface area (Å²) in [5.41, 5.74) is 0.0702. The molecule has 0 aromatic carbocycles. The molecule has 1 fully saturated rings. The molecule has 0 aliphatic carbocycles. The molecule has 1 aromatic heterocycles. The number of aromatic nitrogens is 1. The fourth-order valence-electron chi connectivity index (χ4n) is 2.30. The van der Waals surface area contributed by atoms with Crippen molar-refractivity contribution in [2.45, 2.75) is 18.9 Å². The monoisotopic (exact) mass is 251 g/mol. The summed E-state index contributed by atoms with van der Waals surface area (Å²) in [6.45, 7) is 1.35. The second-order valence-electron chi connectivity index (χ2n) is 4.83. The first-order valence-corrected chi connectivity index (χ1v) is 6.16. The Bertz CT molecular complexity index is 428. The minimum Gasteiger partial charge on any atom is -0.338 e. The summed E-state index contributed by atoms with van der Waals surface area (Å²) >= 11 is 0. The van der Waals surface area contributed by atoms with Crippen LogP contribution in [-0.2, 0) is 0 Å². The highest BCUT2D eigenvalue weighted by Gasteiger charge is 2.26. The average molecular weight is 251 g/mol. The maximum absolute atomic E-state index is 13.4. The summed E-state index contributed by atoms with van der Waals surface area (Å²) < 4.78 is 13.4. The molecule has 1 amide bonds. The average Bonchev–Trinajstić information content (AvgIpc) is 2.38. The Kier molecular flexibility index (Phi) is 3.91. The molecule has 0 spiro atoms. The van der Waals surface area contributed by atoms with E-state index in [-0.39, 0.29) is 11.5 Å². The Morgan fingerprint density at radius 1 is 1.44 bits per heavy atom. The summed E-state index contributed by atoms with van der Waals surface area (Å²) in [4.78, 5) is 19.5. The van der Waals surface area contributed by atoms with Crippen LogP contribution in [0.15, 0.2) is 18.3 Å². The lowest BCUT2D eigenvalue weighted by Gasteiger charge is -2.35. The molecular formula is C13H18FN3O. The molecular weight excluding hydrogens is 233 g/mol. The zero-order valence-corrected chi connectivity index (χ0v) is 10.8. The number of piperidine rings is 1. The van der Waals surface area contributed by atoms with Crippen LogP contribution < -0.4 is 0 Å². The van der Waals surface area contributed by atoms with Crippen molar-refractivity contribution < 1.29 is 9.18 Å². The molecule has 0 radical (unpaired) electrons. The highest BCUT2D eigenvalue weighted by molar-refractivity contribution is 5.94. The molecule has 4 nitrogen and oxygen atoms in total. The number of carbonyl (C=O) groups excluding carboxylic acids is 1. The molecule has 1 aliphatic heterocycles. The third kappa shape index (κ3) is 2.67. The van der Waals surface area contributed by atoms with Crippen molar-refractivity contribution in [3.05, 3.63) is 29.8 Å². The lowest BCUT2D eigenvalue weighted by atomic mass is 10.0. The summed E-state index contributed by atoms with van der Waals surface area (Å²) in [6.07, 6.45) is 3.21. The molecule has 18 heavy (non-hydrogen) atoms. The molecule has 5 heteroatoms. The predicted octanol–water partition coefficient (Wildman–Crippen LogP) is 1.39. The Morgan fingerprint density at radius 2 is 2.11 bits per heavy atom. The Hall–Kier alpha value is -1.49. The normalized spacial score (nSPS) is 17.2. The van der Waals surface area contributed by atoms with Gasteiger partial charge in [0.25, 0.3) is 5.91 Å². The smallest absolute Gasteiger partial charge is 0.258 e. The lowest BCUT2D eigenvalue weighted by molar-refractivity contribution is 0.0657. The first kappa shape index (κ1) is 13.0. The van der Waals surface area contributed by atoms with Crippen LogP contribution in [0.25, 0.3) is 0 Å². The largest absolute Gasteiger partial charge is 0.338 e. The number of rotatable bonds is 2. The number of hydrogen-bond donors (Lipinski definition) is 0. The van der Waals surface area contributed by atoms with Crippen LogP contribution in [0.1, 0.15) is 23.2 Å². The van der Waals surface area contributed by atoms with E-state index >= 15 is 0 Å². The van der Waals surface area contributed by atoms with Gasteiger partial charge in [0.2, 0.25) is 5.95 Å². The van der Waals surface area contributed by atoms with E-state index in [9.17, 15) is 9.18 Å². The van der Waals surface area contributed by atoms with Crippen molar-refractivity contribution in [1.82, 2.24) is 14.8 Å². The zero-order chi connectivity index (χ0) is 13.1. The van der Waals surface area contributed by atoms with Crippen molar-refractivity contribution in [2.75, 3.05) is 27.2 Å². The molecule has 0 N–H and O–H groups in total. The standard InChI is InChI=1S/C13H18FN3O/c1-16(2)10-5-8-17(9-6-10)13(18)11-4-3-7-15-12(11)14/h3-4,7,10H,5-6,8-9H2,1-2H3. The van der Waals surface area contributed by atoms with Crippen molar-refractivity contribution >= 4 is 5.91 Å². The van der Waals surface area contributed by atoms with Crippen LogP contribution in [0.4, 0.5) is 4.39 Å². The second-order valence-corrected chi connectivity index (χ2v) is 4.83. The molecule has 1 aromatic rings. The van der Waals surface area contributed by atoms with Gasteiger partial charge < -0.3 is 9.80 Å². The van der Waals surface area contributed by atoms with Gasteiger partial charge in [-0.05, 0) is 39.1 Å². The van der Waals surface area contributed by atoms with Crippen LogP contribution in [0, 0.1) is 5.95 Å². The number of halogens is 1. The first-order valence-electron chi connectivity index (χ1n) is 6.16. The summed E-state index contributed by atoms with van der Waals surface area (Å²) in [5, 5.41) is 0. The molecule has 1 saturated heterocycles. The zero-order valence-electron chi connectivity index (χ0n) is 10.8. The maximum Gasteiger partial charge on any atom is 0.258 e. The number of carbonyl (C=O) groups is 1. The van der Waals surface area contributed by atoms with E-state index in [2.05, 4.69) is 9.88 Å². The first-order chi connectivity index (χ1) is 8.59. The van der Waals surface area contributed by atoms with E-state index in [1.807, 2.05) is 14.1 Å². The van der Waals surface area contributed by atoms with Gasteiger partial charge in [-0.2, -0.15) is 4.39 Å². The predicted molar refractivity (Wildman–Crippen MR) is 66.8 cm³/mol. The maximum atomic E-state index is 13.4. The van der Waals surface area contributed by atoms with E-state index in [4.69, 9.17) is 0 Å². The van der Waals surface area contributed by atoms with Gasteiger partial charge in [0.1, 0.15) is 0 Å². The second kappa shape index (κ2) is 5.44. The Labute approximate surface area is 106 Å². The van der Waals surface area contributed by atoms with Crippen molar-refractivity contribution in [3.63, 3.8) is 0 Å². The third-order valence-electron chi connectivity index (χ3n) is 3.47. The highest BCUT2D eigenvalue weighted by atomic mass is 19.1. The van der Waals surface area contributed by atoms with Gasteiger partial charge in [-0.1, -0.05) is 0 Å². The topological polar surface area (TPSA) is 36.4 Å². The fraction of sp³-hybridized carbons (Fsp3) is 0.538. The van der Waals surface area contributed by atoms with Crippen molar-refractivity contribution in [3.8, 4) is 0 Å². The highest BCUT2D eigenvalue weighted by Crippen LogP contribution is 2.17. The molecule has 1 aliphatic rings. The lowest BCUT2D eigenvalue weighted by Crippen LogP contribution is -2.44. The Morgan fingerprint density at radius 3 is 2.67 bits per heavy atom. The molecule has 0 saturated carbocycles. The van der Waals surface area contributed by atoms with Gasteiger partial charge >= 0.3 is 0 Å². The molecule has 0 atom stereocenters.